The minimum atomic E-state index is -4.12. The summed E-state index contributed by atoms with van der Waals surface area (Å²) in [5, 5.41) is 17.6. The number of halogens is 1. The fourth-order valence-electron chi connectivity index (χ4n) is 1.53. The number of benzene rings is 1. The molecule has 0 heterocycles. The molecule has 1 atom stereocenters. The van der Waals surface area contributed by atoms with Gasteiger partial charge in [-0.05, 0) is 24.6 Å². The van der Waals surface area contributed by atoms with Crippen LogP contribution in [-0.2, 0) is 14.8 Å². The van der Waals surface area contributed by atoms with Gasteiger partial charge in [-0.1, -0.05) is 13.3 Å². The Kier molecular flexibility index (Phi) is 5.19. The van der Waals surface area contributed by atoms with Gasteiger partial charge in [0, 0.05) is 0 Å². The maximum Gasteiger partial charge on any atom is 0.321 e. The van der Waals surface area contributed by atoms with Crippen LogP contribution in [0.5, 0.6) is 0 Å². The molecule has 0 fully saturated rings. The number of rotatable bonds is 6. The van der Waals surface area contributed by atoms with Crippen molar-refractivity contribution in [2.24, 2.45) is 0 Å². The predicted molar refractivity (Wildman–Crippen MR) is 67.8 cm³/mol. The maximum atomic E-state index is 13.1. The summed E-state index contributed by atoms with van der Waals surface area (Å²) >= 11 is 0. The van der Waals surface area contributed by atoms with E-state index in [1.807, 2.05) is 4.72 Å². The fourth-order valence-corrected chi connectivity index (χ4v) is 2.78. The zero-order valence-electron chi connectivity index (χ0n) is 10.6. The van der Waals surface area contributed by atoms with Gasteiger partial charge in [-0.25, -0.2) is 12.8 Å². The number of nitriles is 1. The van der Waals surface area contributed by atoms with Gasteiger partial charge >= 0.3 is 5.97 Å². The van der Waals surface area contributed by atoms with E-state index in [1.165, 1.54) is 6.07 Å². The van der Waals surface area contributed by atoms with Gasteiger partial charge in [0.05, 0.1) is 10.5 Å². The highest BCUT2D eigenvalue weighted by molar-refractivity contribution is 7.89. The first-order valence-corrected chi connectivity index (χ1v) is 7.25. The lowest BCUT2D eigenvalue weighted by Gasteiger charge is -2.14. The predicted octanol–water partition coefficient (Wildman–Crippen LogP) is 1.23. The van der Waals surface area contributed by atoms with E-state index in [0.717, 1.165) is 18.2 Å². The number of hydrogen-bond acceptors (Lipinski definition) is 4. The molecule has 1 aromatic carbocycles. The standard InChI is InChI=1S/C12H13FN2O4S/c1-2-3-11(12(16)17)15-20(18,19)9-4-5-10(13)8(6-9)7-14/h4-6,11,15H,2-3H2,1H3,(H,16,17)/t11-/m1/s1. The molecule has 20 heavy (non-hydrogen) atoms. The molecule has 0 aliphatic rings. The third-order valence-corrected chi connectivity index (χ3v) is 4.01. The summed E-state index contributed by atoms with van der Waals surface area (Å²) in [5.74, 6) is -2.13. The van der Waals surface area contributed by atoms with Crippen molar-refractivity contribution >= 4 is 16.0 Å². The molecule has 1 rings (SSSR count). The second kappa shape index (κ2) is 6.45. The van der Waals surface area contributed by atoms with Gasteiger partial charge in [0.2, 0.25) is 10.0 Å². The van der Waals surface area contributed by atoms with Crippen LogP contribution in [0, 0.1) is 17.1 Å². The molecule has 0 aromatic heterocycles. The normalized spacial score (nSPS) is 12.7. The van der Waals surface area contributed by atoms with Crippen molar-refractivity contribution in [1.29, 1.82) is 5.26 Å². The fraction of sp³-hybridized carbons (Fsp3) is 0.333. The Labute approximate surface area is 115 Å². The summed E-state index contributed by atoms with van der Waals surface area (Å²) < 4.78 is 39.1. The third-order valence-electron chi connectivity index (χ3n) is 2.54. The molecular weight excluding hydrogens is 287 g/mol. The monoisotopic (exact) mass is 300 g/mol. The highest BCUT2D eigenvalue weighted by atomic mass is 32.2. The summed E-state index contributed by atoms with van der Waals surface area (Å²) in [7, 11) is -4.12. The molecule has 6 nitrogen and oxygen atoms in total. The number of nitrogens with zero attached hydrogens (tertiary/aromatic N) is 1. The molecular formula is C12H13FN2O4S. The Morgan fingerprint density at radius 3 is 2.70 bits per heavy atom. The van der Waals surface area contributed by atoms with Crippen LogP contribution in [0.4, 0.5) is 4.39 Å². The van der Waals surface area contributed by atoms with Crippen LogP contribution in [0.3, 0.4) is 0 Å². The van der Waals surface area contributed by atoms with Crippen LogP contribution < -0.4 is 4.72 Å². The van der Waals surface area contributed by atoms with E-state index >= 15 is 0 Å². The van der Waals surface area contributed by atoms with E-state index in [2.05, 4.69) is 0 Å². The number of aliphatic carboxylic acids is 1. The van der Waals surface area contributed by atoms with Gasteiger partial charge in [-0.2, -0.15) is 9.98 Å². The average molecular weight is 300 g/mol. The quantitative estimate of drug-likeness (QED) is 0.821. The number of sulfonamides is 1. The van der Waals surface area contributed by atoms with E-state index in [4.69, 9.17) is 10.4 Å². The smallest absolute Gasteiger partial charge is 0.321 e. The molecule has 0 aliphatic carbocycles. The number of carbonyl (C=O) groups is 1. The van der Waals surface area contributed by atoms with Gasteiger partial charge < -0.3 is 5.11 Å². The average Bonchev–Trinajstić information content (AvgIpc) is 2.38. The van der Waals surface area contributed by atoms with E-state index in [1.54, 1.807) is 6.92 Å². The zero-order valence-corrected chi connectivity index (χ0v) is 11.4. The van der Waals surface area contributed by atoms with Gasteiger partial charge in [0.15, 0.2) is 0 Å². The first-order chi connectivity index (χ1) is 9.31. The summed E-state index contributed by atoms with van der Waals surface area (Å²) in [6.45, 7) is 1.72. The molecule has 0 amide bonds. The third kappa shape index (κ3) is 3.76. The number of carboxylic acids is 1. The van der Waals surface area contributed by atoms with Crippen molar-refractivity contribution < 1.29 is 22.7 Å². The molecule has 0 saturated carbocycles. The van der Waals surface area contributed by atoms with Crippen molar-refractivity contribution in [1.82, 2.24) is 4.72 Å². The van der Waals surface area contributed by atoms with E-state index < -0.39 is 33.4 Å². The molecule has 0 spiro atoms. The van der Waals surface area contributed by atoms with Crippen LogP contribution in [0.2, 0.25) is 0 Å². The Hall–Kier alpha value is -1.98. The molecule has 0 radical (unpaired) electrons. The Morgan fingerprint density at radius 2 is 2.20 bits per heavy atom. The highest BCUT2D eigenvalue weighted by Gasteiger charge is 2.25. The first-order valence-electron chi connectivity index (χ1n) is 5.76. The van der Waals surface area contributed by atoms with Gasteiger partial charge in [-0.15, -0.1) is 0 Å². The van der Waals surface area contributed by atoms with Gasteiger partial charge in [-0.3, -0.25) is 4.79 Å². The van der Waals surface area contributed by atoms with Crippen molar-refractivity contribution in [2.75, 3.05) is 0 Å². The summed E-state index contributed by atoms with van der Waals surface area (Å²) in [6, 6.07) is 2.95. The number of carboxylic acid groups (broad SMARTS) is 1. The minimum Gasteiger partial charge on any atom is -0.480 e. The molecule has 0 aliphatic heterocycles. The Bertz CT molecular complexity index is 652. The number of nitrogens with one attached hydrogen (secondary N) is 1. The highest BCUT2D eigenvalue weighted by Crippen LogP contribution is 2.15. The summed E-state index contributed by atoms with van der Waals surface area (Å²) in [5.41, 5.74) is -0.421. The Morgan fingerprint density at radius 1 is 1.55 bits per heavy atom. The zero-order chi connectivity index (χ0) is 15.3. The molecule has 8 heteroatoms. The lowest BCUT2D eigenvalue weighted by atomic mass is 10.2. The summed E-state index contributed by atoms with van der Waals surface area (Å²) in [4.78, 5) is 10.6. The minimum absolute atomic E-state index is 0.126. The SMILES string of the molecule is CCC[C@@H](NS(=O)(=O)c1ccc(F)c(C#N)c1)C(=O)O. The second-order valence-electron chi connectivity index (χ2n) is 4.05. The van der Waals surface area contributed by atoms with E-state index in [-0.39, 0.29) is 11.3 Å². The lowest BCUT2D eigenvalue weighted by molar-refractivity contribution is -0.139. The van der Waals surface area contributed by atoms with Crippen LogP contribution >= 0.6 is 0 Å². The molecule has 108 valence electrons. The molecule has 1 aromatic rings. The number of hydrogen-bond donors (Lipinski definition) is 2. The molecule has 0 saturated heterocycles. The van der Waals surface area contributed by atoms with Crippen LogP contribution in [0.25, 0.3) is 0 Å². The maximum absolute atomic E-state index is 13.1. The van der Waals surface area contributed by atoms with Gasteiger partial charge in [0.25, 0.3) is 0 Å². The first kappa shape index (κ1) is 16.1. The molecule has 2 N–H and O–H groups in total. The van der Waals surface area contributed by atoms with Crippen LogP contribution in [0.15, 0.2) is 23.1 Å². The van der Waals surface area contributed by atoms with E-state index in [9.17, 15) is 17.6 Å². The van der Waals surface area contributed by atoms with E-state index in [0.29, 0.717) is 6.42 Å². The topological polar surface area (TPSA) is 107 Å². The molecule has 0 bridgehead atoms. The van der Waals surface area contributed by atoms with Crippen molar-refractivity contribution in [3.8, 4) is 6.07 Å². The van der Waals surface area contributed by atoms with Crippen LogP contribution in [-0.4, -0.2) is 25.5 Å². The lowest BCUT2D eigenvalue weighted by Crippen LogP contribution is -2.40. The second-order valence-corrected chi connectivity index (χ2v) is 5.77. The summed E-state index contributed by atoms with van der Waals surface area (Å²) in [6.07, 6.45) is 0.604. The van der Waals surface area contributed by atoms with Crippen molar-refractivity contribution in [3.05, 3.63) is 29.6 Å². The van der Waals surface area contributed by atoms with Crippen molar-refractivity contribution in [3.63, 3.8) is 0 Å². The van der Waals surface area contributed by atoms with Gasteiger partial charge in [0.1, 0.15) is 17.9 Å². The van der Waals surface area contributed by atoms with Crippen molar-refractivity contribution in [2.45, 2.75) is 30.7 Å². The van der Waals surface area contributed by atoms with Crippen LogP contribution in [0.1, 0.15) is 25.3 Å². The Balaban J connectivity index is 3.11. The molecule has 0 unspecified atom stereocenters. The largest absolute Gasteiger partial charge is 0.480 e.